The highest BCUT2D eigenvalue weighted by Gasteiger charge is 2.16. The summed E-state index contributed by atoms with van der Waals surface area (Å²) in [6, 6.07) is 6.25. The van der Waals surface area contributed by atoms with E-state index in [2.05, 4.69) is 15.6 Å². The molecule has 0 bridgehead atoms. The van der Waals surface area contributed by atoms with Gasteiger partial charge in [0.05, 0.1) is 24.1 Å². The second-order valence-electron chi connectivity index (χ2n) is 6.25. The predicted molar refractivity (Wildman–Crippen MR) is 113 cm³/mol. The molecule has 1 fully saturated rings. The highest BCUT2D eigenvalue weighted by molar-refractivity contribution is 14.0. The van der Waals surface area contributed by atoms with E-state index in [1.807, 2.05) is 0 Å². The minimum Gasteiger partial charge on any atom is -0.376 e. The van der Waals surface area contributed by atoms with Crippen molar-refractivity contribution in [2.24, 2.45) is 4.99 Å². The summed E-state index contributed by atoms with van der Waals surface area (Å²) in [6.45, 7) is 1.86. The van der Waals surface area contributed by atoms with Crippen molar-refractivity contribution in [3.05, 3.63) is 39.9 Å². The van der Waals surface area contributed by atoms with E-state index < -0.39 is 4.92 Å². The molecule has 1 unspecified atom stereocenters. The Labute approximate surface area is 175 Å². The van der Waals surface area contributed by atoms with Gasteiger partial charge < -0.3 is 20.3 Å². The van der Waals surface area contributed by atoms with Gasteiger partial charge in [0.15, 0.2) is 5.96 Å². The van der Waals surface area contributed by atoms with Gasteiger partial charge in [0.25, 0.3) is 5.69 Å². The fourth-order valence-corrected chi connectivity index (χ4v) is 2.40. The van der Waals surface area contributed by atoms with Crippen LogP contribution in [-0.2, 0) is 16.1 Å². The summed E-state index contributed by atoms with van der Waals surface area (Å²) in [5, 5.41) is 16.9. The first-order chi connectivity index (χ1) is 12.5. The Hall–Kier alpha value is -1.95. The molecule has 10 heteroatoms. The van der Waals surface area contributed by atoms with E-state index in [-0.39, 0.29) is 48.2 Å². The molecule has 0 radical (unpaired) electrons. The molecule has 1 amide bonds. The van der Waals surface area contributed by atoms with Crippen LogP contribution in [0.4, 0.5) is 5.69 Å². The normalized spacial score (nSPS) is 16.4. The Morgan fingerprint density at radius 1 is 1.33 bits per heavy atom. The SMILES string of the molecule is CN(C)C(=O)CNC(=NCc1ccc([N+](=O)[O-])cc1)NCC1CCCO1.I. The molecule has 0 saturated carbocycles. The van der Waals surface area contributed by atoms with Crippen molar-refractivity contribution >= 4 is 41.5 Å². The van der Waals surface area contributed by atoms with Crippen molar-refractivity contribution in [3.8, 4) is 0 Å². The van der Waals surface area contributed by atoms with E-state index in [1.54, 1.807) is 26.2 Å². The third kappa shape index (κ3) is 8.08. The number of nitro benzene ring substituents is 1. The average Bonchev–Trinajstić information content (AvgIpc) is 3.14. The molecule has 0 aliphatic carbocycles. The number of nitrogens with zero attached hydrogens (tertiary/aromatic N) is 3. The van der Waals surface area contributed by atoms with Crippen molar-refractivity contribution in [3.63, 3.8) is 0 Å². The smallest absolute Gasteiger partial charge is 0.269 e. The maximum atomic E-state index is 11.8. The minimum atomic E-state index is -0.434. The van der Waals surface area contributed by atoms with Crippen LogP contribution in [0.2, 0.25) is 0 Å². The van der Waals surface area contributed by atoms with Crippen LogP contribution >= 0.6 is 24.0 Å². The van der Waals surface area contributed by atoms with E-state index in [0.29, 0.717) is 19.0 Å². The summed E-state index contributed by atoms with van der Waals surface area (Å²) in [7, 11) is 3.38. The molecule has 2 N–H and O–H groups in total. The van der Waals surface area contributed by atoms with Gasteiger partial charge in [0, 0.05) is 39.4 Å². The number of carbonyl (C=O) groups is 1. The number of hydrogen-bond acceptors (Lipinski definition) is 5. The van der Waals surface area contributed by atoms with Crippen LogP contribution in [0.25, 0.3) is 0 Å². The van der Waals surface area contributed by atoms with Crippen LogP contribution in [0.5, 0.6) is 0 Å². The molecule has 1 aromatic carbocycles. The number of rotatable bonds is 7. The van der Waals surface area contributed by atoms with Gasteiger partial charge >= 0.3 is 0 Å². The summed E-state index contributed by atoms with van der Waals surface area (Å²) >= 11 is 0. The summed E-state index contributed by atoms with van der Waals surface area (Å²) < 4.78 is 5.58. The van der Waals surface area contributed by atoms with E-state index in [0.717, 1.165) is 25.0 Å². The van der Waals surface area contributed by atoms with Gasteiger partial charge in [0.2, 0.25) is 5.91 Å². The number of nitro groups is 1. The van der Waals surface area contributed by atoms with Gasteiger partial charge in [-0.2, -0.15) is 0 Å². The van der Waals surface area contributed by atoms with Crippen molar-refractivity contribution in [1.29, 1.82) is 0 Å². The third-order valence-corrected chi connectivity index (χ3v) is 3.99. The summed E-state index contributed by atoms with van der Waals surface area (Å²) in [5.74, 6) is 0.445. The topological polar surface area (TPSA) is 109 Å². The summed E-state index contributed by atoms with van der Waals surface area (Å²) in [6.07, 6.45) is 2.19. The Kier molecular flexibility index (Phi) is 10.0. The second kappa shape index (κ2) is 11.7. The molecule has 9 nitrogen and oxygen atoms in total. The first kappa shape index (κ1) is 23.1. The van der Waals surface area contributed by atoms with Gasteiger partial charge in [-0.25, -0.2) is 4.99 Å². The van der Waals surface area contributed by atoms with Crippen molar-refractivity contribution in [1.82, 2.24) is 15.5 Å². The molecule has 150 valence electrons. The van der Waals surface area contributed by atoms with Gasteiger partial charge in [-0.15, -0.1) is 24.0 Å². The molecule has 0 aromatic heterocycles. The molecular formula is C17H26IN5O4. The minimum absolute atomic E-state index is 0. The fourth-order valence-electron chi connectivity index (χ4n) is 2.40. The van der Waals surface area contributed by atoms with Crippen molar-refractivity contribution < 1.29 is 14.5 Å². The quantitative estimate of drug-likeness (QED) is 0.197. The molecule has 27 heavy (non-hydrogen) atoms. The zero-order chi connectivity index (χ0) is 18.9. The highest BCUT2D eigenvalue weighted by Crippen LogP contribution is 2.13. The lowest BCUT2D eigenvalue weighted by Gasteiger charge is -2.17. The summed E-state index contributed by atoms with van der Waals surface area (Å²) in [4.78, 5) is 28.0. The Morgan fingerprint density at radius 3 is 2.59 bits per heavy atom. The number of carbonyl (C=O) groups excluding carboxylic acids is 1. The fraction of sp³-hybridized carbons (Fsp3) is 0.529. The van der Waals surface area contributed by atoms with Crippen LogP contribution in [-0.4, -0.2) is 61.6 Å². The maximum Gasteiger partial charge on any atom is 0.269 e. The number of likely N-dealkylation sites (N-methyl/N-ethyl adjacent to an activating group) is 1. The lowest BCUT2D eigenvalue weighted by atomic mass is 10.2. The Bertz CT molecular complexity index is 645. The van der Waals surface area contributed by atoms with Crippen LogP contribution in [0, 0.1) is 10.1 Å². The van der Waals surface area contributed by atoms with E-state index >= 15 is 0 Å². The number of amides is 1. The molecule has 1 heterocycles. The number of non-ortho nitro benzene ring substituents is 1. The van der Waals surface area contributed by atoms with Crippen LogP contribution in [0.1, 0.15) is 18.4 Å². The van der Waals surface area contributed by atoms with Crippen molar-refractivity contribution in [2.75, 3.05) is 33.8 Å². The number of halogens is 1. The maximum absolute atomic E-state index is 11.8. The first-order valence-corrected chi connectivity index (χ1v) is 8.53. The number of ether oxygens (including phenoxy) is 1. The van der Waals surface area contributed by atoms with E-state index in [1.165, 1.54) is 17.0 Å². The number of aliphatic imine (C=N–C) groups is 1. The lowest BCUT2D eigenvalue weighted by Crippen LogP contribution is -2.45. The largest absolute Gasteiger partial charge is 0.376 e. The zero-order valence-electron chi connectivity index (χ0n) is 15.5. The number of benzene rings is 1. The number of hydrogen-bond donors (Lipinski definition) is 2. The molecule has 0 spiro atoms. The first-order valence-electron chi connectivity index (χ1n) is 8.53. The number of guanidine groups is 1. The molecule has 1 aliphatic heterocycles. The molecule has 1 aliphatic rings. The molecule has 1 saturated heterocycles. The molecule has 2 rings (SSSR count). The molecule has 1 atom stereocenters. The van der Waals surface area contributed by atoms with Crippen molar-refractivity contribution in [2.45, 2.75) is 25.5 Å². The molecule has 1 aromatic rings. The van der Waals surface area contributed by atoms with Gasteiger partial charge in [-0.1, -0.05) is 12.1 Å². The number of nitrogens with one attached hydrogen (secondary N) is 2. The van der Waals surface area contributed by atoms with Gasteiger partial charge in [-0.3, -0.25) is 14.9 Å². The lowest BCUT2D eigenvalue weighted by molar-refractivity contribution is -0.384. The van der Waals surface area contributed by atoms with Crippen LogP contribution in [0.3, 0.4) is 0 Å². The monoisotopic (exact) mass is 491 g/mol. The summed E-state index contributed by atoms with van der Waals surface area (Å²) in [5.41, 5.74) is 0.886. The highest BCUT2D eigenvalue weighted by atomic mass is 127. The standard InChI is InChI=1S/C17H25N5O4.HI/c1-21(2)16(23)12-20-17(19-11-15-4-3-9-26-15)18-10-13-5-7-14(8-6-13)22(24)25;/h5-8,15H,3-4,9-12H2,1-2H3,(H2,18,19,20);1H. The van der Waals surface area contributed by atoms with Crippen LogP contribution < -0.4 is 10.6 Å². The average molecular weight is 491 g/mol. The zero-order valence-corrected chi connectivity index (χ0v) is 17.8. The predicted octanol–water partition coefficient (Wildman–Crippen LogP) is 1.52. The Balaban J connectivity index is 0.00000364. The Morgan fingerprint density at radius 2 is 2.04 bits per heavy atom. The third-order valence-electron chi connectivity index (χ3n) is 3.99. The molecular weight excluding hydrogens is 465 g/mol. The van der Waals surface area contributed by atoms with Crippen LogP contribution in [0.15, 0.2) is 29.3 Å². The van der Waals surface area contributed by atoms with Gasteiger partial charge in [-0.05, 0) is 18.4 Å². The van der Waals surface area contributed by atoms with E-state index in [9.17, 15) is 14.9 Å². The van der Waals surface area contributed by atoms with Gasteiger partial charge in [0.1, 0.15) is 0 Å². The van der Waals surface area contributed by atoms with E-state index in [4.69, 9.17) is 4.74 Å². The second-order valence-corrected chi connectivity index (χ2v) is 6.25.